The van der Waals surface area contributed by atoms with E-state index in [1.807, 2.05) is 19.2 Å². The van der Waals surface area contributed by atoms with Gasteiger partial charge < -0.3 is 25.2 Å². The van der Waals surface area contributed by atoms with E-state index in [1.54, 1.807) is 16.2 Å². The van der Waals surface area contributed by atoms with E-state index in [0.29, 0.717) is 37.8 Å². The molecule has 0 spiro atoms. The van der Waals surface area contributed by atoms with Gasteiger partial charge in [-0.2, -0.15) is 0 Å². The quantitative estimate of drug-likeness (QED) is 0.736. The number of ether oxygens (including phenoxy) is 1. The Morgan fingerprint density at radius 2 is 1.97 bits per heavy atom. The van der Waals surface area contributed by atoms with Gasteiger partial charge in [-0.05, 0) is 50.8 Å². The molecule has 9 heteroatoms. The smallest absolute Gasteiger partial charge is 0.409 e. The topological polar surface area (TPSA) is 82.6 Å². The number of fused-ring (bicyclic) bond motifs is 2. The molecule has 2 aromatic heterocycles. The largest absolute Gasteiger partial charge is 0.450 e. The van der Waals surface area contributed by atoms with Gasteiger partial charge in [-0.25, -0.2) is 14.8 Å². The van der Waals surface area contributed by atoms with E-state index in [-0.39, 0.29) is 6.09 Å². The van der Waals surface area contributed by atoms with Gasteiger partial charge in [-0.1, -0.05) is 0 Å². The van der Waals surface area contributed by atoms with Crippen LogP contribution in [0.25, 0.3) is 10.6 Å². The summed E-state index contributed by atoms with van der Waals surface area (Å²) in [4.78, 5) is 26.4. The highest BCUT2D eigenvalue weighted by molar-refractivity contribution is 7.19. The average molecular weight is 443 g/mol. The number of rotatable bonds is 5. The fraction of sp³-hybridized carbons (Fsp3) is 0.591. The summed E-state index contributed by atoms with van der Waals surface area (Å²) in [6.45, 7) is 5.26. The lowest BCUT2D eigenvalue weighted by atomic mass is 10.0. The monoisotopic (exact) mass is 442 g/mol. The van der Waals surface area contributed by atoms with Crippen molar-refractivity contribution in [3.8, 4) is 10.6 Å². The molecule has 2 aromatic rings. The Labute approximate surface area is 187 Å². The Bertz CT molecular complexity index is 901. The summed E-state index contributed by atoms with van der Waals surface area (Å²) in [5.41, 5.74) is 0.954. The highest BCUT2D eigenvalue weighted by Crippen LogP contribution is 2.34. The van der Waals surface area contributed by atoms with Crippen LogP contribution in [-0.2, 0) is 4.74 Å². The second kappa shape index (κ2) is 9.00. The molecule has 3 saturated heterocycles. The first-order chi connectivity index (χ1) is 15.2. The third-order valence-corrected chi connectivity index (χ3v) is 7.59. The van der Waals surface area contributed by atoms with Crippen LogP contribution >= 0.6 is 11.3 Å². The number of thiophene rings is 1. The summed E-state index contributed by atoms with van der Waals surface area (Å²) in [5, 5.41) is 8.46. The zero-order valence-corrected chi connectivity index (χ0v) is 18.7. The van der Waals surface area contributed by atoms with Gasteiger partial charge in [0.25, 0.3) is 0 Å². The van der Waals surface area contributed by atoms with Crippen LogP contribution in [0.2, 0.25) is 0 Å². The van der Waals surface area contributed by atoms with Gasteiger partial charge in [0, 0.05) is 50.5 Å². The number of carbonyl (C=O) groups excluding carboxylic acids is 1. The molecule has 3 aliphatic rings. The maximum absolute atomic E-state index is 11.9. The molecule has 5 heterocycles. The summed E-state index contributed by atoms with van der Waals surface area (Å²) >= 11 is 1.74. The predicted octanol–water partition coefficient (Wildman–Crippen LogP) is 3.18. The molecule has 1 unspecified atom stereocenters. The third-order valence-electron chi connectivity index (χ3n) is 6.42. The van der Waals surface area contributed by atoms with Crippen LogP contribution in [0.1, 0.15) is 32.6 Å². The number of carbonyl (C=O) groups is 1. The van der Waals surface area contributed by atoms with Gasteiger partial charge in [-0.15, -0.1) is 11.3 Å². The summed E-state index contributed by atoms with van der Waals surface area (Å²) < 4.78 is 5.11. The molecule has 31 heavy (non-hydrogen) atoms. The maximum Gasteiger partial charge on any atom is 0.409 e. The molecule has 1 amide bonds. The van der Waals surface area contributed by atoms with Gasteiger partial charge in [-0.3, -0.25) is 0 Å². The molecule has 2 bridgehead atoms. The number of piperidine rings is 1. The van der Waals surface area contributed by atoms with Crippen LogP contribution in [0, 0.1) is 0 Å². The minimum Gasteiger partial charge on any atom is -0.450 e. The van der Waals surface area contributed by atoms with Crippen molar-refractivity contribution < 1.29 is 9.53 Å². The van der Waals surface area contributed by atoms with Gasteiger partial charge >= 0.3 is 6.09 Å². The fourth-order valence-corrected chi connectivity index (χ4v) is 5.91. The Kier molecular flexibility index (Phi) is 5.95. The average Bonchev–Trinajstić information content (AvgIpc) is 3.41. The van der Waals surface area contributed by atoms with Crippen molar-refractivity contribution in [3.63, 3.8) is 0 Å². The number of hydrogen-bond acceptors (Lipinski definition) is 8. The number of aromatic nitrogens is 2. The molecule has 2 N–H and O–H groups in total. The molecule has 3 atom stereocenters. The predicted molar refractivity (Wildman–Crippen MR) is 123 cm³/mol. The van der Waals surface area contributed by atoms with Crippen molar-refractivity contribution in [3.05, 3.63) is 24.4 Å². The van der Waals surface area contributed by atoms with Crippen molar-refractivity contribution in [1.82, 2.24) is 20.2 Å². The van der Waals surface area contributed by atoms with E-state index in [4.69, 9.17) is 9.72 Å². The Balaban J connectivity index is 1.21. The van der Waals surface area contributed by atoms with Gasteiger partial charge in [0.1, 0.15) is 0 Å². The van der Waals surface area contributed by atoms with E-state index in [0.717, 1.165) is 42.5 Å². The summed E-state index contributed by atoms with van der Waals surface area (Å²) in [6.07, 6.45) is 6.50. The molecular weight excluding hydrogens is 412 g/mol. The SMILES string of the molecule is CCOC(=O)N1CCN(c2ccc(-c3ccnc(NC4C[C@H]5CC[C@@H](C4)N5)n3)s2)CC1. The number of amides is 1. The standard InChI is InChI=1S/C22H30N6O2S/c1-2-30-22(29)28-11-9-27(10-12-28)20-6-5-19(31-20)18-7-8-23-21(26-18)25-17-13-15-3-4-16(14-17)24-15/h5-8,15-17,24H,2-4,9-14H2,1H3,(H,23,25,26)/t15-,16+,17?. The lowest BCUT2D eigenvalue weighted by Gasteiger charge is -2.34. The molecular formula is C22H30N6O2S. The van der Waals surface area contributed by atoms with Crippen LogP contribution in [0.15, 0.2) is 24.4 Å². The highest BCUT2D eigenvalue weighted by atomic mass is 32.1. The first-order valence-electron chi connectivity index (χ1n) is 11.3. The minimum absolute atomic E-state index is 0.211. The molecule has 3 fully saturated rings. The zero-order chi connectivity index (χ0) is 21.2. The molecule has 166 valence electrons. The molecule has 0 aliphatic carbocycles. The van der Waals surface area contributed by atoms with Crippen LogP contribution in [0.5, 0.6) is 0 Å². The van der Waals surface area contributed by atoms with E-state index in [1.165, 1.54) is 17.8 Å². The van der Waals surface area contributed by atoms with Crippen molar-refractivity contribution in [2.45, 2.75) is 50.7 Å². The molecule has 0 radical (unpaired) electrons. The van der Waals surface area contributed by atoms with Gasteiger partial charge in [0.05, 0.1) is 22.2 Å². The highest BCUT2D eigenvalue weighted by Gasteiger charge is 2.33. The molecule has 5 rings (SSSR count). The summed E-state index contributed by atoms with van der Waals surface area (Å²) in [7, 11) is 0. The number of nitrogens with zero attached hydrogens (tertiary/aromatic N) is 4. The van der Waals surface area contributed by atoms with Crippen LogP contribution in [-0.4, -0.2) is 71.9 Å². The Morgan fingerprint density at radius 3 is 2.71 bits per heavy atom. The number of hydrogen-bond donors (Lipinski definition) is 2. The van der Waals surface area contributed by atoms with Crippen molar-refractivity contribution >= 4 is 28.4 Å². The Morgan fingerprint density at radius 1 is 1.19 bits per heavy atom. The van der Waals surface area contributed by atoms with E-state index >= 15 is 0 Å². The van der Waals surface area contributed by atoms with Crippen molar-refractivity contribution in [2.75, 3.05) is 43.0 Å². The first-order valence-corrected chi connectivity index (χ1v) is 12.1. The lowest BCUT2D eigenvalue weighted by molar-refractivity contribution is 0.105. The van der Waals surface area contributed by atoms with Gasteiger partial charge in [0.2, 0.25) is 5.95 Å². The third kappa shape index (κ3) is 4.62. The van der Waals surface area contributed by atoms with Gasteiger partial charge in [0.15, 0.2) is 0 Å². The second-order valence-electron chi connectivity index (χ2n) is 8.53. The fourth-order valence-electron chi connectivity index (χ4n) is 4.88. The summed E-state index contributed by atoms with van der Waals surface area (Å²) in [5.74, 6) is 0.724. The lowest BCUT2D eigenvalue weighted by Crippen LogP contribution is -2.48. The zero-order valence-electron chi connectivity index (χ0n) is 17.9. The van der Waals surface area contributed by atoms with E-state index in [9.17, 15) is 4.79 Å². The molecule has 0 saturated carbocycles. The second-order valence-corrected chi connectivity index (χ2v) is 9.59. The summed E-state index contributed by atoms with van der Waals surface area (Å²) in [6, 6.07) is 8.00. The van der Waals surface area contributed by atoms with Crippen LogP contribution in [0.4, 0.5) is 15.7 Å². The number of nitrogens with one attached hydrogen (secondary N) is 2. The van der Waals surface area contributed by atoms with Crippen molar-refractivity contribution in [1.29, 1.82) is 0 Å². The maximum atomic E-state index is 11.9. The first kappa shape index (κ1) is 20.5. The minimum atomic E-state index is -0.211. The number of anilines is 2. The number of piperazine rings is 1. The van der Waals surface area contributed by atoms with Crippen LogP contribution < -0.4 is 15.5 Å². The Hall–Kier alpha value is -2.39. The molecule has 0 aromatic carbocycles. The van der Waals surface area contributed by atoms with E-state index in [2.05, 4.69) is 32.7 Å². The molecule has 3 aliphatic heterocycles. The normalized spacial score (nSPS) is 25.5. The van der Waals surface area contributed by atoms with Crippen LogP contribution in [0.3, 0.4) is 0 Å². The van der Waals surface area contributed by atoms with E-state index < -0.39 is 0 Å². The molecule has 8 nitrogen and oxygen atoms in total. The van der Waals surface area contributed by atoms with Crippen molar-refractivity contribution in [2.24, 2.45) is 0 Å².